The van der Waals surface area contributed by atoms with Crippen molar-refractivity contribution in [1.82, 2.24) is 3.97 Å². The number of rotatable bonds is 7. The quantitative estimate of drug-likeness (QED) is 0.453. The third kappa shape index (κ3) is 4.18. The van der Waals surface area contributed by atoms with Gasteiger partial charge < -0.3 is 10.4 Å². The van der Waals surface area contributed by atoms with Gasteiger partial charge in [-0.3, -0.25) is 0 Å². The monoisotopic (exact) mass is 434 g/mol. The highest BCUT2D eigenvalue weighted by Crippen LogP contribution is 2.28. The summed E-state index contributed by atoms with van der Waals surface area (Å²) < 4.78 is 27.5. The van der Waals surface area contributed by atoms with E-state index in [4.69, 9.17) is 0 Å². The lowest BCUT2D eigenvalue weighted by Crippen LogP contribution is -2.31. The van der Waals surface area contributed by atoms with E-state index >= 15 is 0 Å². The minimum Gasteiger partial charge on any atom is -0.480 e. The molecule has 0 aliphatic rings. The highest BCUT2D eigenvalue weighted by molar-refractivity contribution is 7.90. The number of carboxylic acids is 1. The van der Waals surface area contributed by atoms with Gasteiger partial charge in [0.1, 0.15) is 6.04 Å². The second-order valence-corrected chi connectivity index (χ2v) is 9.21. The number of carbonyl (C=O) groups is 1. The molecule has 4 rings (SSSR count). The molecule has 4 aromatic rings. The summed E-state index contributed by atoms with van der Waals surface area (Å²) in [5, 5.41) is 13.4. The molecule has 0 bridgehead atoms. The molecule has 0 fully saturated rings. The summed E-state index contributed by atoms with van der Waals surface area (Å²) in [6, 6.07) is 22.1. The molecule has 0 saturated carbocycles. The Morgan fingerprint density at radius 2 is 1.68 bits per heavy atom. The largest absolute Gasteiger partial charge is 0.480 e. The van der Waals surface area contributed by atoms with Crippen LogP contribution in [0, 0.1) is 6.92 Å². The second-order valence-electron chi connectivity index (χ2n) is 7.39. The summed E-state index contributed by atoms with van der Waals surface area (Å²) in [6.45, 7) is 1.90. The van der Waals surface area contributed by atoms with Crippen molar-refractivity contribution in [2.24, 2.45) is 0 Å². The zero-order valence-corrected chi connectivity index (χ0v) is 17.7. The van der Waals surface area contributed by atoms with Gasteiger partial charge in [0.2, 0.25) is 0 Å². The molecule has 1 aromatic heterocycles. The van der Waals surface area contributed by atoms with E-state index in [1.54, 1.807) is 48.5 Å². The smallest absolute Gasteiger partial charge is 0.326 e. The molecular weight excluding hydrogens is 412 g/mol. The highest BCUT2D eigenvalue weighted by atomic mass is 32.2. The van der Waals surface area contributed by atoms with Crippen LogP contribution in [0.25, 0.3) is 10.9 Å². The van der Waals surface area contributed by atoms with Crippen molar-refractivity contribution in [3.63, 3.8) is 0 Å². The van der Waals surface area contributed by atoms with Crippen molar-refractivity contribution in [3.05, 3.63) is 96.2 Å². The van der Waals surface area contributed by atoms with Gasteiger partial charge >= 0.3 is 5.97 Å². The second kappa shape index (κ2) is 8.28. The van der Waals surface area contributed by atoms with Gasteiger partial charge in [0, 0.05) is 23.7 Å². The summed E-state index contributed by atoms with van der Waals surface area (Å²) in [6.07, 6.45) is 1.80. The Morgan fingerprint density at radius 3 is 2.35 bits per heavy atom. The first kappa shape index (κ1) is 20.7. The Labute approximate surface area is 180 Å². The molecule has 7 heteroatoms. The van der Waals surface area contributed by atoms with E-state index < -0.39 is 22.0 Å². The summed E-state index contributed by atoms with van der Waals surface area (Å²) in [5.74, 6) is -0.979. The van der Waals surface area contributed by atoms with E-state index in [1.165, 1.54) is 10.2 Å². The molecule has 0 radical (unpaired) electrons. The summed E-state index contributed by atoms with van der Waals surface area (Å²) in [5.41, 5.74) is 2.92. The van der Waals surface area contributed by atoms with Crippen LogP contribution in [0.15, 0.2) is 90.0 Å². The van der Waals surface area contributed by atoms with Crippen molar-refractivity contribution >= 4 is 32.6 Å². The molecule has 6 nitrogen and oxygen atoms in total. The summed E-state index contributed by atoms with van der Waals surface area (Å²) in [7, 11) is -3.78. The number of anilines is 1. The fourth-order valence-corrected chi connectivity index (χ4v) is 4.89. The average Bonchev–Trinajstić information content (AvgIpc) is 3.20. The van der Waals surface area contributed by atoms with Gasteiger partial charge in [0.05, 0.1) is 10.4 Å². The van der Waals surface area contributed by atoms with Gasteiger partial charge in [-0.15, -0.1) is 0 Å². The number of nitrogens with zero attached hydrogens (tertiary/aromatic N) is 1. The Morgan fingerprint density at radius 1 is 0.968 bits per heavy atom. The Kier molecular flexibility index (Phi) is 5.52. The maximum atomic E-state index is 13.2. The first-order valence-corrected chi connectivity index (χ1v) is 11.3. The molecule has 1 atom stereocenters. The lowest BCUT2D eigenvalue weighted by Gasteiger charge is -2.17. The third-order valence-electron chi connectivity index (χ3n) is 5.19. The van der Waals surface area contributed by atoms with Gasteiger partial charge in [0.15, 0.2) is 0 Å². The van der Waals surface area contributed by atoms with Crippen LogP contribution in [0.2, 0.25) is 0 Å². The van der Waals surface area contributed by atoms with Crippen LogP contribution in [0.5, 0.6) is 0 Å². The number of fused-ring (bicyclic) bond motifs is 1. The van der Waals surface area contributed by atoms with Crippen LogP contribution in [-0.2, 0) is 21.2 Å². The Balaban J connectivity index is 1.70. The van der Waals surface area contributed by atoms with Gasteiger partial charge in [-0.2, -0.15) is 0 Å². The number of aliphatic carboxylic acids is 1. The predicted octanol–water partition coefficient (Wildman–Crippen LogP) is 4.29. The summed E-state index contributed by atoms with van der Waals surface area (Å²) >= 11 is 0. The number of aromatic nitrogens is 1. The molecule has 158 valence electrons. The van der Waals surface area contributed by atoms with E-state index in [2.05, 4.69) is 5.32 Å². The molecule has 0 aliphatic heterocycles. The van der Waals surface area contributed by atoms with E-state index in [0.717, 1.165) is 11.1 Å². The van der Waals surface area contributed by atoms with E-state index in [-0.39, 0.29) is 4.90 Å². The Hall–Kier alpha value is -3.58. The number of nitrogens with one attached hydrogen (secondary N) is 1. The van der Waals surface area contributed by atoms with Crippen LogP contribution in [0.3, 0.4) is 0 Å². The third-order valence-corrected chi connectivity index (χ3v) is 6.89. The zero-order chi connectivity index (χ0) is 22.0. The van der Waals surface area contributed by atoms with Gasteiger partial charge in [-0.25, -0.2) is 17.2 Å². The molecule has 1 heterocycles. The maximum absolute atomic E-state index is 13.2. The molecule has 0 aliphatic carbocycles. The zero-order valence-electron chi connectivity index (χ0n) is 16.9. The molecule has 0 amide bonds. The fraction of sp³-hybridized carbons (Fsp3) is 0.125. The van der Waals surface area contributed by atoms with Crippen LogP contribution in [0.4, 0.5) is 5.69 Å². The van der Waals surface area contributed by atoms with Crippen molar-refractivity contribution in [3.8, 4) is 0 Å². The molecule has 0 spiro atoms. The molecule has 31 heavy (non-hydrogen) atoms. The van der Waals surface area contributed by atoms with Crippen molar-refractivity contribution < 1.29 is 18.3 Å². The van der Waals surface area contributed by atoms with E-state index in [0.29, 0.717) is 23.0 Å². The fourth-order valence-electron chi connectivity index (χ4n) is 3.54. The topological polar surface area (TPSA) is 88.4 Å². The molecular formula is C24H22N2O4S. The standard InChI is InChI=1S/C24H22N2O4S/c1-17-10-12-19(13-11-17)31(29,30)26-15-14-20-21(8-5-9-23(20)26)25-22(24(27)28)16-18-6-3-2-4-7-18/h2-15,22,25H,16H2,1H3,(H,27,28)/t22-/m0/s1. The van der Waals surface area contributed by atoms with Gasteiger partial charge in [-0.05, 0) is 42.8 Å². The van der Waals surface area contributed by atoms with E-state index in [1.807, 2.05) is 37.3 Å². The first-order valence-electron chi connectivity index (χ1n) is 9.82. The molecule has 3 aromatic carbocycles. The minimum atomic E-state index is -3.78. The normalized spacial score (nSPS) is 12.5. The lowest BCUT2D eigenvalue weighted by atomic mass is 10.1. The number of hydrogen-bond acceptors (Lipinski definition) is 4. The van der Waals surface area contributed by atoms with E-state index in [9.17, 15) is 18.3 Å². The van der Waals surface area contributed by atoms with Crippen LogP contribution >= 0.6 is 0 Å². The van der Waals surface area contributed by atoms with Crippen LogP contribution in [-0.4, -0.2) is 29.5 Å². The lowest BCUT2D eigenvalue weighted by molar-refractivity contribution is -0.137. The number of benzene rings is 3. The van der Waals surface area contributed by atoms with Crippen molar-refractivity contribution in [1.29, 1.82) is 0 Å². The molecule has 2 N–H and O–H groups in total. The van der Waals surface area contributed by atoms with Crippen molar-refractivity contribution in [2.75, 3.05) is 5.32 Å². The predicted molar refractivity (Wildman–Crippen MR) is 121 cm³/mol. The first-order chi connectivity index (χ1) is 14.9. The van der Waals surface area contributed by atoms with Gasteiger partial charge in [0.25, 0.3) is 10.0 Å². The summed E-state index contributed by atoms with van der Waals surface area (Å²) in [4.78, 5) is 12.1. The number of hydrogen-bond donors (Lipinski definition) is 2. The Bertz CT molecular complexity index is 1330. The van der Waals surface area contributed by atoms with Crippen LogP contribution < -0.4 is 5.32 Å². The van der Waals surface area contributed by atoms with Crippen LogP contribution in [0.1, 0.15) is 11.1 Å². The SMILES string of the molecule is Cc1ccc(S(=O)(=O)n2ccc3c(N[C@@H](Cc4ccccc4)C(=O)O)cccc32)cc1. The maximum Gasteiger partial charge on any atom is 0.326 e. The average molecular weight is 435 g/mol. The number of carboxylic acid groups (broad SMARTS) is 1. The minimum absolute atomic E-state index is 0.196. The highest BCUT2D eigenvalue weighted by Gasteiger charge is 2.22. The van der Waals surface area contributed by atoms with Gasteiger partial charge in [-0.1, -0.05) is 54.1 Å². The van der Waals surface area contributed by atoms with Crippen molar-refractivity contribution in [2.45, 2.75) is 24.3 Å². The molecule has 0 unspecified atom stereocenters. The molecule has 0 saturated heterocycles. The number of aryl methyl sites for hydroxylation is 1.